The zero-order valence-corrected chi connectivity index (χ0v) is 13.4. The Morgan fingerprint density at radius 3 is 2.38 bits per heavy atom. The number of amides is 3. The smallest absolute Gasteiger partial charge is 0.315 e. The van der Waals surface area contributed by atoms with E-state index in [4.69, 9.17) is 0 Å². The van der Waals surface area contributed by atoms with Gasteiger partial charge in [-0.15, -0.1) is 0 Å². The van der Waals surface area contributed by atoms with Gasteiger partial charge in [-0.05, 0) is 30.2 Å². The fourth-order valence-corrected chi connectivity index (χ4v) is 2.03. The van der Waals surface area contributed by atoms with Crippen LogP contribution in [0.3, 0.4) is 0 Å². The highest BCUT2D eigenvalue weighted by molar-refractivity contribution is 5.94. The van der Waals surface area contributed by atoms with Crippen LogP contribution in [0.2, 0.25) is 0 Å². The Morgan fingerprint density at radius 2 is 1.67 bits per heavy atom. The molecular weight excluding hydrogens is 309 g/mol. The second-order valence-electron chi connectivity index (χ2n) is 5.31. The van der Waals surface area contributed by atoms with Crippen LogP contribution in [0.15, 0.2) is 48.5 Å². The molecule has 0 heterocycles. The van der Waals surface area contributed by atoms with E-state index in [2.05, 4.69) is 16.0 Å². The number of rotatable bonds is 6. The van der Waals surface area contributed by atoms with Crippen molar-refractivity contribution in [1.82, 2.24) is 16.0 Å². The van der Waals surface area contributed by atoms with Gasteiger partial charge < -0.3 is 16.0 Å². The van der Waals surface area contributed by atoms with Crippen LogP contribution in [-0.4, -0.2) is 25.0 Å². The zero-order chi connectivity index (χ0) is 17.4. The Hall–Kier alpha value is -2.89. The van der Waals surface area contributed by atoms with Gasteiger partial charge in [0.15, 0.2) is 0 Å². The standard InChI is InChI=1S/C18H20FN3O2/c1-13-7-8-15(11-16(13)19)17(23)20-9-10-21-18(24)22-12-14-5-3-2-4-6-14/h2-8,11H,9-10,12H2,1H3,(H,20,23)(H2,21,22,24). The largest absolute Gasteiger partial charge is 0.350 e. The Balaban J connectivity index is 1.65. The van der Waals surface area contributed by atoms with Gasteiger partial charge in [-0.25, -0.2) is 9.18 Å². The summed E-state index contributed by atoms with van der Waals surface area (Å²) in [6, 6.07) is 13.6. The van der Waals surface area contributed by atoms with Gasteiger partial charge in [0.05, 0.1) is 0 Å². The third-order valence-corrected chi connectivity index (χ3v) is 3.43. The Bertz CT molecular complexity index is 705. The van der Waals surface area contributed by atoms with E-state index in [1.54, 1.807) is 19.1 Å². The van der Waals surface area contributed by atoms with E-state index < -0.39 is 5.82 Å². The molecule has 0 bridgehead atoms. The molecule has 0 aliphatic rings. The van der Waals surface area contributed by atoms with E-state index in [-0.39, 0.29) is 30.6 Å². The van der Waals surface area contributed by atoms with Crippen LogP contribution in [0.4, 0.5) is 9.18 Å². The maximum Gasteiger partial charge on any atom is 0.315 e. The van der Waals surface area contributed by atoms with Crippen molar-refractivity contribution in [2.45, 2.75) is 13.5 Å². The quantitative estimate of drug-likeness (QED) is 0.712. The van der Waals surface area contributed by atoms with Crippen LogP contribution in [0.25, 0.3) is 0 Å². The maximum atomic E-state index is 13.4. The highest BCUT2D eigenvalue weighted by Crippen LogP contribution is 2.08. The first-order valence-corrected chi connectivity index (χ1v) is 7.66. The Morgan fingerprint density at radius 1 is 0.958 bits per heavy atom. The van der Waals surface area contributed by atoms with Crippen molar-refractivity contribution in [2.24, 2.45) is 0 Å². The molecule has 5 nitrogen and oxygen atoms in total. The topological polar surface area (TPSA) is 70.2 Å². The van der Waals surface area contributed by atoms with Gasteiger partial charge in [0, 0.05) is 25.2 Å². The van der Waals surface area contributed by atoms with Crippen molar-refractivity contribution in [3.63, 3.8) is 0 Å². The van der Waals surface area contributed by atoms with Crippen LogP contribution >= 0.6 is 0 Å². The summed E-state index contributed by atoms with van der Waals surface area (Å²) in [4.78, 5) is 23.5. The highest BCUT2D eigenvalue weighted by Gasteiger charge is 2.07. The van der Waals surface area contributed by atoms with Gasteiger partial charge in [-0.1, -0.05) is 36.4 Å². The molecule has 2 aromatic rings. The summed E-state index contributed by atoms with van der Waals surface area (Å²) in [7, 11) is 0. The summed E-state index contributed by atoms with van der Waals surface area (Å²) >= 11 is 0. The predicted molar refractivity (Wildman–Crippen MR) is 90.2 cm³/mol. The van der Waals surface area contributed by atoms with Gasteiger partial charge in [0.25, 0.3) is 5.91 Å². The number of benzene rings is 2. The molecule has 0 aromatic heterocycles. The summed E-state index contributed by atoms with van der Waals surface area (Å²) in [6.07, 6.45) is 0. The molecule has 2 aromatic carbocycles. The third-order valence-electron chi connectivity index (χ3n) is 3.43. The van der Waals surface area contributed by atoms with E-state index in [1.165, 1.54) is 6.07 Å². The lowest BCUT2D eigenvalue weighted by Crippen LogP contribution is -2.40. The van der Waals surface area contributed by atoms with E-state index >= 15 is 0 Å². The van der Waals surface area contributed by atoms with E-state index in [1.807, 2.05) is 30.3 Å². The van der Waals surface area contributed by atoms with Crippen LogP contribution in [0, 0.1) is 12.7 Å². The third kappa shape index (κ3) is 5.39. The van der Waals surface area contributed by atoms with Crippen molar-refractivity contribution in [3.8, 4) is 0 Å². The SMILES string of the molecule is Cc1ccc(C(=O)NCCNC(=O)NCc2ccccc2)cc1F. The van der Waals surface area contributed by atoms with Crippen LogP contribution in [0.1, 0.15) is 21.5 Å². The first kappa shape index (κ1) is 17.5. The minimum Gasteiger partial charge on any atom is -0.350 e. The average Bonchev–Trinajstić information content (AvgIpc) is 2.60. The van der Waals surface area contributed by atoms with Gasteiger partial charge in [0.1, 0.15) is 5.82 Å². The molecule has 126 valence electrons. The highest BCUT2D eigenvalue weighted by atomic mass is 19.1. The second kappa shape index (κ2) is 8.67. The number of nitrogens with one attached hydrogen (secondary N) is 3. The van der Waals surface area contributed by atoms with Crippen molar-refractivity contribution in [2.75, 3.05) is 13.1 Å². The summed E-state index contributed by atoms with van der Waals surface area (Å²) in [5.74, 6) is -0.790. The normalized spacial score (nSPS) is 10.1. The fourth-order valence-electron chi connectivity index (χ4n) is 2.03. The number of urea groups is 1. The van der Waals surface area contributed by atoms with Gasteiger partial charge in [-0.2, -0.15) is 0 Å². The van der Waals surface area contributed by atoms with E-state index in [0.29, 0.717) is 12.1 Å². The molecule has 0 aliphatic carbocycles. The lowest BCUT2D eigenvalue weighted by atomic mass is 10.1. The first-order chi connectivity index (χ1) is 11.6. The van der Waals surface area contributed by atoms with E-state index in [0.717, 1.165) is 5.56 Å². The number of carbonyl (C=O) groups is 2. The summed E-state index contributed by atoms with van der Waals surface area (Å²) in [5, 5.41) is 7.99. The molecule has 0 aliphatic heterocycles. The average molecular weight is 329 g/mol. The number of halogens is 1. The number of hydrogen-bond acceptors (Lipinski definition) is 2. The molecule has 0 unspecified atom stereocenters. The zero-order valence-electron chi connectivity index (χ0n) is 13.4. The molecule has 0 fully saturated rings. The van der Waals surface area contributed by atoms with Crippen molar-refractivity contribution in [3.05, 3.63) is 71.0 Å². The van der Waals surface area contributed by atoms with Crippen LogP contribution in [-0.2, 0) is 6.54 Å². The molecular formula is C18H20FN3O2. The second-order valence-corrected chi connectivity index (χ2v) is 5.31. The molecule has 3 N–H and O–H groups in total. The molecule has 0 saturated heterocycles. The Kier molecular flexibility index (Phi) is 6.31. The van der Waals surface area contributed by atoms with Gasteiger partial charge >= 0.3 is 6.03 Å². The minimum absolute atomic E-state index is 0.256. The fraction of sp³-hybridized carbons (Fsp3) is 0.222. The summed E-state index contributed by atoms with van der Waals surface area (Å²) < 4.78 is 13.4. The molecule has 24 heavy (non-hydrogen) atoms. The number of carbonyl (C=O) groups excluding carboxylic acids is 2. The maximum absolute atomic E-state index is 13.4. The van der Waals surface area contributed by atoms with Crippen LogP contribution < -0.4 is 16.0 Å². The molecule has 0 atom stereocenters. The summed E-state index contributed by atoms with van der Waals surface area (Å²) in [5.41, 5.74) is 1.75. The molecule has 3 amide bonds. The van der Waals surface area contributed by atoms with Crippen molar-refractivity contribution in [1.29, 1.82) is 0 Å². The lowest BCUT2D eigenvalue weighted by Gasteiger charge is -2.09. The predicted octanol–water partition coefficient (Wildman–Crippen LogP) is 2.36. The summed E-state index contributed by atoms with van der Waals surface area (Å²) in [6.45, 7) is 2.60. The molecule has 2 rings (SSSR count). The Labute approximate surface area is 140 Å². The number of aryl methyl sites for hydroxylation is 1. The number of hydrogen-bond donors (Lipinski definition) is 3. The molecule has 0 radical (unpaired) electrons. The first-order valence-electron chi connectivity index (χ1n) is 7.66. The van der Waals surface area contributed by atoms with Crippen LogP contribution in [0.5, 0.6) is 0 Å². The van der Waals surface area contributed by atoms with E-state index in [9.17, 15) is 14.0 Å². The van der Waals surface area contributed by atoms with Crippen molar-refractivity contribution < 1.29 is 14.0 Å². The van der Waals surface area contributed by atoms with Crippen molar-refractivity contribution >= 4 is 11.9 Å². The molecule has 0 saturated carbocycles. The minimum atomic E-state index is -0.416. The van der Waals surface area contributed by atoms with Gasteiger partial charge in [-0.3, -0.25) is 4.79 Å². The molecule has 6 heteroatoms. The van der Waals surface area contributed by atoms with Gasteiger partial charge in [0.2, 0.25) is 0 Å². The lowest BCUT2D eigenvalue weighted by molar-refractivity contribution is 0.0953. The molecule has 0 spiro atoms. The monoisotopic (exact) mass is 329 g/mol.